The number of pyridine rings is 1. The summed E-state index contributed by atoms with van der Waals surface area (Å²) in [5, 5.41) is 4.13. The van der Waals surface area contributed by atoms with E-state index < -0.39 is 0 Å². The van der Waals surface area contributed by atoms with Gasteiger partial charge in [-0.3, -0.25) is 4.98 Å². The van der Waals surface area contributed by atoms with Crippen molar-refractivity contribution in [2.45, 2.75) is 6.92 Å². The Morgan fingerprint density at radius 3 is 2.76 bits per heavy atom. The van der Waals surface area contributed by atoms with Gasteiger partial charge < -0.3 is 9.47 Å². The molecule has 0 spiro atoms. The monoisotopic (exact) mass is 332 g/mol. The lowest BCUT2D eigenvalue weighted by molar-refractivity contribution is 0.409. The molecule has 0 unspecified atom stereocenters. The molecule has 0 saturated carbocycles. The number of rotatable bonds is 4. The average Bonchev–Trinajstić information content (AvgIpc) is 3.12. The summed E-state index contributed by atoms with van der Waals surface area (Å²) in [5.41, 5.74) is 3.74. The van der Waals surface area contributed by atoms with E-state index in [0.29, 0.717) is 17.4 Å². The molecule has 1 aromatic carbocycles. The molecular weight excluding hydrogens is 316 g/mol. The van der Waals surface area contributed by atoms with Gasteiger partial charge >= 0.3 is 0 Å². The zero-order chi connectivity index (χ0) is 17.2. The largest absolute Gasteiger partial charge is 0.496 e. The van der Waals surface area contributed by atoms with Crippen LogP contribution in [-0.4, -0.2) is 26.7 Å². The summed E-state index contributed by atoms with van der Waals surface area (Å²) in [4.78, 5) is 8.56. The van der Waals surface area contributed by atoms with Crippen molar-refractivity contribution >= 4 is 5.52 Å². The molecule has 0 aliphatic heterocycles. The zero-order valence-electron chi connectivity index (χ0n) is 13.9. The topological polar surface area (TPSA) is 61.5 Å². The molecule has 6 heteroatoms. The fourth-order valence-corrected chi connectivity index (χ4v) is 2.76. The second kappa shape index (κ2) is 6.24. The molecule has 3 heterocycles. The van der Waals surface area contributed by atoms with Crippen LogP contribution in [0.15, 0.2) is 61.2 Å². The van der Waals surface area contributed by atoms with Crippen molar-refractivity contribution in [2.24, 2.45) is 0 Å². The summed E-state index contributed by atoms with van der Waals surface area (Å²) in [6, 6.07) is 13.4. The third-order valence-corrected chi connectivity index (χ3v) is 3.98. The Morgan fingerprint density at radius 1 is 1.00 bits per heavy atom. The summed E-state index contributed by atoms with van der Waals surface area (Å²) in [6.07, 6.45) is 5.09. The van der Waals surface area contributed by atoms with Gasteiger partial charge in [0.2, 0.25) is 5.88 Å². The highest BCUT2D eigenvalue weighted by Gasteiger charge is 2.12. The molecule has 3 aromatic heterocycles. The van der Waals surface area contributed by atoms with Crippen molar-refractivity contribution in [1.82, 2.24) is 19.6 Å². The average molecular weight is 332 g/mol. The molecule has 0 N–H and O–H groups in total. The molecule has 25 heavy (non-hydrogen) atoms. The number of aryl methyl sites for hydroxylation is 1. The van der Waals surface area contributed by atoms with Crippen molar-refractivity contribution < 1.29 is 9.47 Å². The van der Waals surface area contributed by atoms with E-state index in [-0.39, 0.29) is 0 Å². The molecule has 0 saturated heterocycles. The molecule has 0 radical (unpaired) electrons. The fraction of sp³-hybridized carbons (Fsp3) is 0.105. The van der Waals surface area contributed by atoms with Gasteiger partial charge in [-0.25, -0.2) is 4.52 Å². The van der Waals surface area contributed by atoms with E-state index in [1.165, 1.54) is 6.33 Å². The third-order valence-electron chi connectivity index (χ3n) is 3.98. The smallest absolute Gasteiger partial charge is 0.247 e. The van der Waals surface area contributed by atoms with E-state index in [4.69, 9.17) is 9.47 Å². The Balaban J connectivity index is 1.73. The first-order valence-corrected chi connectivity index (χ1v) is 7.82. The number of nitrogens with zero attached hydrogens (tertiary/aromatic N) is 4. The van der Waals surface area contributed by atoms with E-state index in [9.17, 15) is 0 Å². The second-order valence-electron chi connectivity index (χ2n) is 5.50. The van der Waals surface area contributed by atoms with Gasteiger partial charge in [0.1, 0.15) is 23.3 Å². The van der Waals surface area contributed by atoms with Crippen molar-refractivity contribution in [1.29, 1.82) is 0 Å². The molecule has 6 nitrogen and oxygen atoms in total. The van der Waals surface area contributed by atoms with E-state index in [0.717, 1.165) is 22.3 Å². The number of benzene rings is 1. The van der Waals surface area contributed by atoms with Gasteiger partial charge in [-0.15, -0.1) is 0 Å². The molecule has 0 fully saturated rings. The lowest BCUT2D eigenvalue weighted by atomic mass is 10.0. The van der Waals surface area contributed by atoms with Gasteiger partial charge in [0.05, 0.1) is 7.11 Å². The van der Waals surface area contributed by atoms with Gasteiger partial charge in [-0.1, -0.05) is 6.07 Å². The maximum Gasteiger partial charge on any atom is 0.247 e. The number of aromatic nitrogens is 4. The maximum absolute atomic E-state index is 5.95. The normalized spacial score (nSPS) is 10.8. The van der Waals surface area contributed by atoms with Gasteiger partial charge in [0.25, 0.3) is 0 Å². The molecule has 0 aliphatic rings. The van der Waals surface area contributed by atoms with Crippen LogP contribution in [0.5, 0.6) is 17.4 Å². The van der Waals surface area contributed by atoms with Crippen LogP contribution in [0.4, 0.5) is 0 Å². The SMILES string of the molecule is COc1cc(Oc2ncnn3cccc23)ccc1-c1cccnc1C. The molecule has 0 aliphatic carbocycles. The Morgan fingerprint density at radius 2 is 1.92 bits per heavy atom. The highest BCUT2D eigenvalue weighted by molar-refractivity contribution is 5.73. The first kappa shape index (κ1) is 15.1. The van der Waals surface area contributed by atoms with Crippen LogP contribution >= 0.6 is 0 Å². The van der Waals surface area contributed by atoms with Crippen molar-refractivity contribution in [3.8, 4) is 28.5 Å². The zero-order valence-corrected chi connectivity index (χ0v) is 13.9. The summed E-state index contributed by atoms with van der Waals surface area (Å²) >= 11 is 0. The Hall–Kier alpha value is -3.41. The van der Waals surface area contributed by atoms with Crippen LogP contribution in [0.1, 0.15) is 5.69 Å². The van der Waals surface area contributed by atoms with Crippen LogP contribution in [0.25, 0.3) is 16.6 Å². The summed E-state index contributed by atoms with van der Waals surface area (Å²) in [7, 11) is 1.64. The number of ether oxygens (including phenoxy) is 2. The first-order valence-electron chi connectivity index (χ1n) is 7.82. The minimum Gasteiger partial charge on any atom is -0.496 e. The van der Waals surface area contributed by atoms with Gasteiger partial charge in [0, 0.05) is 35.3 Å². The maximum atomic E-state index is 5.95. The fourth-order valence-electron chi connectivity index (χ4n) is 2.76. The lowest BCUT2D eigenvalue weighted by Gasteiger charge is -2.13. The van der Waals surface area contributed by atoms with Crippen molar-refractivity contribution in [2.75, 3.05) is 7.11 Å². The summed E-state index contributed by atoms with van der Waals surface area (Å²) in [5.74, 6) is 1.85. The minimum absolute atomic E-state index is 0.493. The van der Waals surface area contributed by atoms with Crippen LogP contribution in [0.2, 0.25) is 0 Å². The third kappa shape index (κ3) is 2.78. The number of fused-ring (bicyclic) bond motifs is 1. The number of hydrogen-bond donors (Lipinski definition) is 0. The molecule has 0 bridgehead atoms. The van der Waals surface area contributed by atoms with E-state index in [1.54, 1.807) is 17.8 Å². The highest BCUT2D eigenvalue weighted by atomic mass is 16.5. The lowest BCUT2D eigenvalue weighted by Crippen LogP contribution is -1.97. The Labute approximate surface area is 144 Å². The molecule has 4 aromatic rings. The Kier molecular flexibility index (Phi) is 3.78. The number of hydrogen-bond acceptors (Lipinski definition) is 5. The van der Waals surface area contributed by atoms with Crippen LogP contribution in [0, 0.1) is 6.92 Å². The summed E-state index contributed by atoms with van der Waals surface area (Å²) < 4.78 is 13.2. The summed E-state index contributed by atoms with van der Waals surface area (Å²) in [6.45, 7) is 1.98. The van der Waals surface area contributed by atoms with Gasteiger partial charge in [-0.05, 0) is 37.3 Å². The second-order valence-corrected chi connectivity index (χ2v) is 5.50. The van der Waals surface area contributed by atoms with E-state index >= 15 is 0 Å². The van der Waals surface area contributed by atoms with Crippen LogP contribution < -0.4 is 9.47 Å². The Bertz CT molecular complexity index is 1040. The van der Waals surface area contributed by atoms with Gasteiger partial charge in [-0.2, -0.15) is 10.1 Å². The van der Waals surface area contributed by atoms with Crippen molar-refractivity contribution in [3.05, 3.63) is 66.9 Å². The standard InChI is InChI=1S/C19H16N4O2/c1-13-15(5-3-9-20-13)16-8-7-14(11-18(16)24-2)25-19-17-6-4-10-23(17)22-12-21-19/h3-12H,1-2H3. The first-order chi connectivity index (χ1) is 12.3. The van der Waals surface area contributed by atoms with Crippen LogP contribution in [-0.2, 0) is 0 Å². The highest BCUT2D eigenvalue weighted by Crippen LogP contribution is 2.36. The van der Waals surface area contributed by atoms with Gasteiger partial charge in [0.15, 0.2) is 0 Å². The van der Waals surface area contributed by atoms with Crippen LogP contribution in [0.3, 0.4) is 0 Å². The van der Waals surface area contributed by atoms with E-state index in [1.807, 2.05) is 55.6 Å². The minimum atomic E-state index is 0.493. The molecule has 124 valence electrons. The molecule has 4 rings (SSSR count). The van der Waals surface area contributed by atoms with E-state index in [2.05, 4.69) is 15.1 Å². The molecule has 0 amide bonds. The quantitative estimate of drug-likeness (QED) is 0.567. The number of methoxy groups -OCH3 is 1. The molecular formula is C19H16N4O2. The predicted molar refractivity (Wildman–Crippen MR) is 94.0 cm³/mol. The van der Waals surface area contributed by atoms with Crippen molar-refractivity contribution in [3.63, 3.8) is 0 Å². The molecule has 0 atom stereocenters. The predicted octanol–water partition coefficient (Wildman–Crippen LogP) is 3.90.